The standard InChI is InChI=1S/C24H35N5O3/c1-16(2)26-24(32)27-19-11-20-15-28(13-17-7-6-8-17)21(23(31)29(20)14-19)12-25-22(30)18-9-4-3-5-10-18/h3-5,9-10,16-17,19-21H,6-8,11-15H2,1-2H3,(H,25,30)(H2,26,27,32)/t19-,20-,21-/m0/s1. The molecule has 8 nitrogen and oxygen atoms in total. The topological polar surface area (TPSA) is 93.8 Å². The largest absolute Gasteiger partial charge is 0.350 e. The number of nitrogens with zero attached hydrogens (tertiary/aromatic N) is 2. The van der Waals surface area contributed by atoms with Crippen molar-refractivity contribution in [3.63, 3.8) is 0 Å². The minimum Gasteiger partial charge on any atom is -0.350 e. The average Bonchev–Trinajstić information content (AvgIpc) is 3.12. The molecule has 3 atom stereocenters. The molecule has 8 heteroatoms. The molecule has 3 aliphatic rings. The number of hydrogen-bond acceptors (Lipinski definition) is 4. The number of rotatable bonds is 7. The smallest absolute Gasteiger partial charge is 0.315 e. The summed E-state index contributed by atoms with van der Waals surface area (Å²) in [5.41, 5.74) is 0.598. The molecule has 2 aliphatic heterocycles. The Hall–Kier alpha value is -2.61. The van der Waals surface area contributed by atoms with Gasteiger partial charge >= 0.3 is 6.03 Å². The van der Waals surface area contributed by atoms with Crippen LogP contribution in [0.5, 0.6) is 0 Å². The molecule has 4 amide bonds. The summed E-state index contributed by atoms with van der Waals surface area (Å²) in [5, 5.41) is 8.85. The Balaban J connectivity index is 1.41. The van der Waals surface area contributed by atoms with Crippen LogP contribution in [0, 0.1) is 5.92 Å². The van der Waals surface area contributed by atoms with E-state index in [9.17, 15) is 14.4 Å². The summed E-state index contributed by atoms with van der Waals surface area (Å²) in [4.78, 5) is 42.4. The molecule has 4 rings (SSSR count). The van der Waals surface area contributed by atoms with Crippen LogP contribution >= 0.6 is 0 Å². The zero-order valence-corrected chi connectivity index (χ0v) is 19.0. The van der Waals surface area contributed by atoms with Gasteiger partial charge in [-0.25, -0.2) is 4.79 Å². The molecular weight excluding hydrogens is 406 g/mol. The number of urea groups is 1. The van der Waals surface area contributed by atoms with E-state index in [0.29, 0.717) is 24.6 Å². The molecule has 2 saturated heterocycles. The molecule has 0 radical (unpaired) electrons. The van der Waals surface area contributed by atoms with Crippen molar-refractivity contribution in [2.75, 3.05) is 26.2 Å². The van der Waals surface area contributed by atoms with Crippen molar-refractivity contribution in [3.8, 4) is 0 Å². The van der Waals surface area contributed by atoms with E-state index in [2.05, 4.69) is 20.9 Å². The summed E-state index contributed by atoms with van der Waals surface area (Å²) in [6.45, 7) is 6.36. The number of carbonyl (C=O) groups is 3. The Bertz CT molecular complexity index is 826. The number of amides is 4. The molecule has 3 N–H and O–H groups in total. The highest BCUT2D eigenvalue weighted by Gasteiger charge is 2.46. The van der Waals surface area contributed by atoms with Crippen LogP contribution in [0.25, 0.3) is 0 Å². The minimum absolute atomic E-state index is 0.0501. The maximum absolute atomic E-state index is 13.5. The van der Waals surface area contributed by atoms with Gasteiger partial charge in [-0.3, -0.25) is 14.5 Å². The fourth-order valence-electron chi connectivity index (χ4n) is 5.01. The van der Waals surface area contributed by atoms with Crippen LogP contribution in [0.2, 0.25) is 0 Å². The monoisotopic (exact) mass is 441 g/mol. The van der Waals surface area contributed by atoms with Gasteiger partial charge in [0.15, 0.2) is 0 Å². The van der Waals surface area contributed by atoms with Crippen LogP contribution < -0.4 is 16.0 Å². The number of carbonyl (C=O) groups excluding carboxylic acids is 3. The van der Waals surface area contributed by atoms with Gasteiger partial charge in [0.2, 0.25) is 5.91 Å². The van der Waals surface area contributed by atoms with Gasteiger partial charge in [0.1, 0.15) is 6.04 Å². The second-order valence-corrected chi connectivity index (χ2v) is 9.69. The average molecular weight is 442 g/mol. The second-order valence-electron chi connectivity index (χ2n) is 9.69. The second kappa shape index (κ2) is 9.90. The summed E-state index contributed by atoms with van der Waals surface area (Å²) < 4.78 is 0. The first-order valence-electron chi connectivity index (χ1n) is 11.9. The molecule has 0 bridgehead atoms. The van der Waals surface area contributed by atoms with Crippen LogP contribution in [0.4, 0.5) is 4.79 Å². The fourth-order valence-corrected chi connectivity index (χ4v) is 5.01. The Morgan fingerprint density at radius 1 is 1.12 bits per heavy atom. The zero-order chi connectivity index (χ0) is 22.7. The van der Waals surface area contributed by atoms with Crippen molar-refractivity contribution < 1.29 is 14.4 Å². The van der Waals surface area contributed by atoms with Crippen molar-refractivity contribution in [3.05, 3.63) is 35.9 Å². The third-order valence-electron chi connectivity index (χ3n) is 6.83. The molecule has 0 aromatic heterocycles. The quantitative estimate of drug-likeness (QED) is 0.599. The number of piperazine rings is 1. The third-order valence-corrected chi connectivity index (χ3v) is 6.83. The zero-order valence-electron chi connectivity index (χ0n) is 19.0. The van der Waals surface area contributed by atoms with Gasteiger partial charge in [0, 0.05) is 43.8 Å². The van der Waals surface area contributed by atoms with E-state index in [-0.39, 0.29) is 42.0 Å². The van der Waals surface area contributed by atoms with Crippen molar-refractivity contribution in [1.82, 2.24) is 25.8 Å². The van der Waals surface area contributed by atoms with Gasteiger partial charge in [-0.2, -0.15) is 0 Å². The van der Waals surface area contributed by atoms with Gasteiger partial charge in [0.05, 0.1) is 6.04 Å². The molecule has 1 aliphatic carbocycles. The van der Waals surface area contributed by atoms with Gasteiger partial charge < -0.3 is 20.9 Å². The van der Waals surface area contributed by atoms with Crippen molar-refractivity contribution in [2.45, 2.75) is 63.7 Å². The first-order chi connectivity index (χ1) is 15.4. The summed E-state index contributed by atoms with van der Waals surface area (Å²) in [6, 6.07) is 8.68. The molecule has 0 unspecified atom stereocenters. The van der Waals surface area contributed by atoms with Gasteiger partial charge in [0.25, 0.3) is 5.91 Å². The summed E-state index contributed by atoms with van der Waals surface area (Å²) in [6.07, 6.45) is 4.44. The number of fused-ring (bicyclic) bond motifs is 1. The van der Waals surface area contributed by atoms with E-state index in [4.69, 9.17) is 0 Å². The Labute approximate surface area is 190 Å². The molecular formula is C24H35N5O3. The number of benzene rings is 1. The van der Waals surface area contributed by atoms with E-state index in [0.717, 1.165) is 19.5 Å². The summed E-state index contributed by atoms with van der Waals surface area (Å²) in [5.74, 6) is 0.534. The van der Waals surface area contributed by atoms with Crippen LogP contribution in [-0.4, -0.2) is 78.0 Å². The highest BCUT2D eigenvalue weighted by atomic mass is 16.2. The lowest BCUT2D eigenvalue weighted by molar-refractivity contribution is -0.144. The van der Waals surface area contributed by atoms with Gasteiger partial charge in [-0.05, 0) is 51.2 Å². The Kier molecular flexibility index (Phi) is 6.98. The predicted octanol–water partition coefficient (Wildman–Crippen LogP) is 1.58. The molecule has 1 aromatic carbocycles. The first kappa shape index (κ1) is 22.6. The van der Waals surface area contributed by atoms with Gasteiger partial charge in [-0.1, -0.05) is 24.6 Å². The SMILES string of the molecule is CC(C)NC(=O)N[C@H]1C[C@H]2CN(CC3CCC3)[C@@H](CNC(=O)c3ccccc3)C(=O)N2C1. The number of nitrogens with one attached hydrogen (secondary N) is 3. The van der Waals surface area contributed by atoms with Crippen LogP contribution in [0.1, 0.15) is 49.9 Å². The lowest BCUT2D eigenvalue weighted by Gasteiger charge is -2.45. The molecule has 174 valence electrons. The van der Waals surface area contributed by atoms with E-state index in [1.54, 1.807) is 12.1 Å². The van der Waals surface area contributed by atoms with E-state index >= 15 is 0 Å². The molecule has 0 spiro atoms. The molecule has 32 heavy (non-hydrogen) atoms. The Morgan fingerprint density at radius 2 is 1.88 bits per heavy atom. The van der Waals surface area contributed by atoms with E-state index in [1.165, 1.54) is 19.3 Å². The van der Waals surface area contributed by atoms with E-state index in [1.807, 2.05) is 36.9 Å². The predicted molar refractivity (Wildman–Crippen MR) is 122 cm³/mol. The normalized spacial score (nSPS) is 25.9. The van der Waals surface area contributed by atoms with Crippen molar-refractivity contribution in [2.24, 2.45) is 5.92 Å². The van der Waals surface area contributed by atoms with Crippen LogP contribution in [0.3, 0.4) is 0 Å². The van der Waals surface area contributed by atoms with Crippen molar-refractivity contribution >= 4 is 17.8 Å². The fraction of sp³-hybridized carbons (Fsp3) is 0.625. The first-order valence-corrected chi connectivity index (χ1v) is 11.9. The highest BCUT2D eigenvalue weighted by Crippen LogP contribution is 2.31. The molecule has 1 saturated carbocycles. The Morgan fingerprint density at radius 3 is 2.53 bits per heavy atom. The van der Waals surface area contributed by atoms with Crippen LogP contribution in [-0.2, 0) is 4.79 Å². The lowest BCUT2D eigenvalue weighted by Crippen LogP contribution is -2.63. The van der Waals surface area contributed by atoms with Gasteiger partial charge in [-0.15, -0.1) is 0 Å². The summed E-state index contributed by atoms with van der Waals surface area (Å²) in [7, 11) is 0. The van der Waals surface area contributed by atoms with E-state index < -0.39 is 0 Å². The summed E-state index contributed by atoms with van der Waals surface area (Å²) >= 11 is 0. The molecule has 2 heterocycles. The lowest BCUT2D eigenvalue weighted by atomic mass is 9.84. The van der Waals surface area contributed by atoms with Crippen molar-refractivity contribution in [1.29, 1.82) is 0 Å². The van der Waals surface area contributed by atoms with Crippen LogP contribution in [0.15, 0.2) is 30.3 Å². The maximum atomic E-state index is 13.5. The maximum Gasteiger partial charge on any atom is 0.315 e. The number of hydrogen-bond donors (Lipinski definition) is 3. The molecule has 3 fully saturated rings. The molecule has 1 aromatic rings. The highest BCUT2D eigenvalue weighted by molar-refractivity contribution is 5.94. The minimum atomic E-state index is -0.359. The third kappa shape index (κ3) is 5.23.